The van der Waals surface area contributed by atoms with E-state index in [-0.39, 0.29) is 23.9 Å². The summed E-state index contributed by atoms with van der Waals surface area (Å²) < 4.78 is 7.60. The van der Waals surface area contributed by atoms with E-state index in [9.17, 15) is 9.59 Å². The molecule has 3 N–H and O–H groups in total. The summed E-state index contributed by atoms with van der Waals surface area (Å²) in [7, 11) is 0. The number of hydrogen-bond donors (Lipinski definition) is 2. The molecule has 4 heterocycles. The Morgan fingerprint density at radius 1 is 1.16 bits per heavy atom. The molecule has 1 aliphatic carbocycles. The van der Waals surface area contributed by atoms with E-state index in [0.29, 0.717) is 42.1 Å². The number of piperazine rings is 1. The minimum atomic E-state index is -0.708. The summed E-state index contributed by atoms with van der Waals surface area (Å²) >= 11 is 0. The van der Waals surface area contributed by atoms with Crippen LogP contribution >= 0.6 is 0 Å². The van der Waals surface area contributed by atoms with E-state index >= 15 is 0 Å². The number of rotatable bonds is 4. The largest absolute Gasteiger partial charge is 0.383 e. The van der Waals surface area contributed by atoms with E-state index in [1.54, 1.807) is 15.8 Å². The minimum absolute atomic E-state index is 0.148. The number of carbonyl (C=O) groups excluding carboxylic acids is 2. The standard InChI is InChI=1S/C28H35N7O3/c1-18-15-33(22(19-8-4-3-5-9-19)17-34(18)28(2)11-12-28)27(37)26(36)31-21-14-30-25(29)20-16-35(32-24(20)21)23-10-6-7-13-38-23/h3-5,8-9,14,16,18,22-23H,6-7,10-13,15,17H2,1-2H3,(H2,29,30)(H,31,36). The van der Waals surface area contributed by atoms with Crippen LogP contribution in [0.4, 0.5) is 11.5 Å². The van der Waals surface area contributed by atoms with Crippen LogP contribution in [0.15, 0.2) is 42.7 Å². The van der Waals surface area contributed by atoms with E-state index in [1.165, 1.54) is 6.20 Å². The van der Waals surface area contributed by atoms with Gasteiger partial charge in [-0.3, -0.25) is 14.5 Å². The van der Waals surface area contributed by atoms with Crippen LogP contribution < -0.4 is 11.1 Å². The average Bonchev–Trinajstić information content (AvgIpc) is 3.51. The zero-order valence-corrected chi connectivity index (χ0v) is 22.0. The van der Waals surface area contributed by atoms with Crippen LogP contribution in [0.2, 0.25) is 0 Å². The van der Waals surface area contributed by atoms with E-state index in [0.717, 1.165) is 37.7 Å². The molecule has 2 aliphatic heterocycles. The van der Waals surface area contributed by atoms with Gasteiger partial charge in [-0.25, -0.2) is 9.67 Å². The van der Waals surface area contributed by atoms with Crippen LogP contribution in [0.25, 0.3) is 10.9 Å². The SMILES string of the molecule is CC1CN(C(=O)C(=O)Nc2cnc(N)c3cn(C4CCCCO4)nc23)C(c2ccccc2)CN1C1(C)CC1. The third-order valence-electron chi connectivity index (χ3n) is 8.34. The summed E-state index contributed by atoms with van der Waals surface area (Å²) in [6.45, 7) is 6.27. The van der Waals surface area contributed by atoms with Crippen LogP contribution in [0.1, 0.15) is 63.8 Å². The zero-order chi connectivity index (χ0) is 26.4. The second kappa shape index (κ2) is 9.67. The molecular weight excluding hydrogens is 482 g/mol. The van der Waals surface area contributed by atoms with Crippen molar-refractivity contribution in [2.75, 3.05) is 30.7 Å². The molecule has 0 bridgehead atoms. The fourth-order valence-electron chi connectivity index (χ4n) is 5.90. The maximum atomic E-state index is 13.7. The molecule has 6 rings (SSSR count). The van der Waals surface area contributed by atoms with E-state index in [1.807, 2.05) is 30.3 Å². The van der Waals surface area contributed by atoms with Crippen molar-refractivity contribution >= 4 is 34.2 Å². The highest BCUT2D eigenvalue weighted by Gasteiger charge is 2.49. The smallest absolute Gasteiger partial charge is 0.314 e. The van der Waals surface area contributed by atoms with Gasteiger partial charge < -0.3 is 20.7 Å². The molecule has 10 nitrogen and oxygen atoms in total. The van der Waals surface area contributed by atoms with Crippen molar-refractivity contribution in [1.82, 2.24) is 24.6 Å². The minimum Gasteiger partial charge on any atom is -0.383 e. The van der Waals surface area contributed by atoms with Crippen LogP contribution in [-0.4, -0.2) is 67.7 Å². The number of nitrogen functional groups attached to an aromatic ring is 1. The Bertz CT molecular complexity index is 1350. The molecule has 3 fully saturated rings. The number of aromatic nitrogens is 3. The predicted molar refractivity (Wildman–Crippen MR) is 144 cm³/mol. The highest BCUT2D eigenvalue weighted by molar-refractivity contribution is 6.40. The number of amides is 2. The molecule has 3 aliphatic rings. The highest BCUT2D eigenvalue weighted by atomic mass is 16.5. The molecule has 200 valence electrons. The number of nitrogens with one attached hydrogen (secondary N) is 1. The summed E-state index contributed by atoms with van der Waals surface area (Å²) in [4.78, 5) is 35.5. The van der Waals surface area contributed by atoms with Gasteiger partial charge in [-0.1, -0.05) is 30.3 Å². The Balaban J connectivity index is 1.26. The number of pyridine rings is 1. The molecule has 2 amide bonds. The Labute approximate surface area is 222 Å². The van der Waals surface area contributed by atoms with Crippen LogP contribution in [0, 0.1) is 0 Å². The molecule has 0 radical (unpaired) electrons. The van der Waals surface area contributed by atoms with Gasteiger partial charge in [0.25, 0.3) is 0 Å². The van der Waals surface area contributed by atoms with Gasteiger partial charge in [-0.15, -0.1) is 0 Å². The number of nitrogens with zero attached hydrogens (tertiary/aromatic N) is 5. The maximum absolute atomic E-state index is 13.7. The number of ether oxygens (including phenoxy) is 1. The molecule has 3 aromatic rings. The highest BCUT2D eigenvalue weighted by Crippen LogP contribution is 2.45. The molecular formula is C28H35N7O3. The molecule has 38 heavy (non-hydrogen) atoms. The van der Waals surface area contributed by atoms with Gasteiger partial charge in [0.15, 0.2) is 0 Å². The summed E-state index contributed by atoms with van der Waals surface area (Å²) in [6.07, 6.45) is 8.34. The monoisotopic (exact) mass is 517 g/mol. The third-order valence-corrected chi connectivity index (χ3v) is 8.34. The summed E-state index contributed by atoms with van der Waals surface area (Å²) in [6, 6.07) is 9.90. The zero-order valence-electron chi connectivity index (χ0n) is 22.0. The first-order valence-electron chi connectivity index (χ1n) is 13.5. The number of nitrogens with two attached hydrogens (primary N) is 1. The molecule has 3 unspecified atom stereocenters. The van der Waals surface area contributed by atoms with Crippen molar-refractivity contribution in [2.45, 2.75) is 69.8 Å². The second-order valence-electron chi connectivity index (χ2n) is 11.1. The summed E-state index contributed by atoms with van der Waals surface area (Å²) in [5.74, 6) is -0.957. The predicted octanol–water partition coefficient (Wildman–Crippen LogP) is 3.48. The van der Waals surface area contributed by atoms with Crippen LogP contribution in [-0.2, 0) is 14.3 Å². The van der Waals surface area contributed by atoms with Gasteiger partial charge >= 0.3 is 11.8 Å². The topological polar surface area (TPSA) is 119 Å². The molecule has 3 atom stereocenters. The lowest BCUT2D eigenvalue weighted by Crippen LogP contribution is -2.59. The Morgan fingerprint density at radius 3 is 2.66 bits per heavy atom. The first-order chi connectivity index (χ1) is 18.3. The van der Waals surface area contributed by atoms with E-state index < -0.39 is 11.8 Å². The first kappa shape index (κ1) is 24.8. The van der Waals surface area contributed by atoms with Crippen molar-refractivity contribution < 1.29 is 14.3 Å². The first-order valence-corrected chi connectivity index (χ1v) is 13.5. The van der Waals surface area contributed by atoms with Gasteiger partial charge in [0, 0.05) is 37.5 Å². The second-order valence-corrected chi connectivity index (χ2v) is 11.1. The molecule has 10 heteroatoms. The normalized spacial score (nSPS) is 25.3. The Kier molecular flexibility index (Phi) is 6.31. The van der Waals surface area contributed by atoms with Crippen molar-refractivity contribution in [2.24, 2.45) is 0 Å². The van der Waals surface area contributed by atoms with E-state index in [2.05, 4.69) is 34.1 Å². The average molecular weight is 518 g/mol. The number of hydrogen-bond acceptors (Lipinski definition) is 7. The lowest BCUT2D eigenvalue weighted by Gasteiger charge is -2.48. The quantitative estimate of drug-likeness (QED) is 0.509. The van der Waals surface area contributed by atoms with Gasteiger partial charge in [0.2, 0.25) is 0 Å². The lowest BCUT2D eigenvalue weighted by atomic mass is 9.97. The molecule has 1 saturated carbocycles. The van der Waals surface area contributed by atoms with Crippen molar-refractivity contribution in [3.8, 4) is 0 Å². The molecule has 2 saturated heterocycles. The van der Waals surface area contributed by atoms with Gasteiger partial charge in [0.1, 0.15) is 17.6 Å². The fourth-order valence-corrected chi connectivity index (χ4v) is 5.90. The number of fused-ring (bicyclic) bond motifs is 1. The number of benzene rings is 1. The summed E-state index contributed by atoms with van der Waals surface area (Å²) in [5.41, 5.74) is 8.18. The molecule has 0 spiro atoms. The maximum Gasteiger partial charge on any atom is 0.314 e. The van der Waals surface area contributed by atoms with Gasteiger partial charge in [-0.05, 0) is 51.5 Å². The third kappa shape index (κ3) is 4.52. The van der Waals surface area contributed by atoms with Crippen LogP contribution in [0.3, 0.4) is 0 Å². The van der Waals surface area contributed by atoms with Crippen molar-refractivity contribution in [3.63, 3.8) is 0 Å². The Hall–Kier alpha value is -3.50. The fraction of sp³-hybridized carbons (Fsp3) is 0.500. The summed E-state index contributed by atoms with van der Waals surface area (Å²) in [5, 5.41) is 8.07. The van der Waals surface area contributed by atoms with Crippen LogP contribution in [0.5, 0.6) is 0 Å². The van der Waals surface area contributed by atoms with Gasteiger partial charge in [0.05, 0.1) is 23.3 Å². The van der Waals surface area contributed by atoms with Crippen molar-refractivity contribution in [3.05, 3.63) is 48.3 Å². The van der Waals surface area contributed by atoms with E-state index in [4.69, 9.17) is 10.5 Å². The van der Waals surface area contributed by atoms with Crippen molar-refractivity contribution in [1.29, 1.82) is 0 Å². The molecule has 2 aromatic heterocycles. The molecule has 1 aromatic carbocycles. The number of anilines is 2. The lowest BCUT2D eigenvalue weighted by molar-refractivity contribution is -0.148. The van der Waals surface area contributed by atoms with Gasteiger partial charge in [-0.2, -0.15) is 5.10 Å². The Morgan fingerprint density at radius 2 is 1.95 bits per heavy atom. The number of carbonyl (C=O) groups is 2.